The summed E-state index contributed by atoms with van der Waals surface area (Å²) < 4.78 is 14.3. The average molecular weight is 500 g/mol. The van der Waals surface area contributed by atoms with Crippen LogP contribution in [0.25, 0.3) is 16.7 Å². The number of fused-ring (bicyclic) bond motifs is 2. The van der Waals surface area contributed by atoms with Gasteiger partial charge in [-0.25, -0.2) is 4.98 Å². The molecule has 190 valence electrons. The van der Waals surface area contributed by atoms with Gasteiger partial charge in [0.2, 0.25) is 0 Å². The second-order valence-electron chi connectivity index (χ2n) is 8.83. The molecule has 9 heteroatoms. The van der Waals surface area contributed by atoms with Crippen LogP contribution in [-0.4, -0.2) is 39.2 Å². The van der Waals surface area contributed by atoms with Crippen molar-refractivity contribution in [3.05, 3.63) is 81.2 Å². The summed E-state index contributed by atoms with van der Waals surface area (Å²) >= 11 is 0. The first kappa shape index (κ1) is 25.8. The van der Waals surface area contributed by atoms with Gasteiger partial charge in [0.25, 0.3) is 11.5 Å². The van der Waals surface area contributed by atoms with E-state index in [4.69, 9.17) is 14.5 Å². The first-order valence-electron chi connectivity index (χ1n) is 12.2. The van der Waals surface area contributed by atoms with Crippen LogP contribution < -0.4 is 15.8 Å². The summed E-state index contributed by atoms with van der Waals surface area (Å²) in [4.78, 5) is 35.7. The van der Waals surface area contributed by atoms with Crippen molar-refractivity contribution in [1.29, 1.82) is 5.26 Å². The fraction of sp³-hybridized carbons (Fsp3) is 0.321. The second kappa shape index (κ2) is 11.2. The summed E-state index contributed by atoms with van der Waals surface area (Å²) in [5.74, 6) is 0.134. The van der Waals surface area contributed by atoms with E-state index < -0.39 is 5.91 Å². The van der Waals surface area contributed by atoms with Crippen LogP contribution in [0.1, 0.15) is 48.7 Å². The van der Waals surface area contributed by atoms with Crippen LogP contribution in [0.4, 0.5) is 0 Å². The van der Waals surface area contributed by atoms with E-state index in [0.717, 1.165) is 5.56 Å². The van der Waals surface area contributed by atoms with Crippen LogP contribution in [0.5, 0.6) is 5.75 Å². The molecule has 0 radical (unpaired) electrons. The van der Waals surface area contributed by atoms with Crippen LogP contribution in [-0.2, 0) is 11.3 Å². The molecule has 0 bridgehead atoms. The molecule has 0 saturated carbocycles. The Morgan fingerprint density at radius 2 is 1.95 bits per heavy atom. The van der Waals surface area contributed by atoms with Crippen molar-refractivity contribution in [2.45, 2.75) is 46.8 Å². The third kappa shape index (κ3) is 5.44. The van der Waals surface area contributed by atoms with Crippen molar-refractivity contribution in [1.82, 2.24) is 14.0 Å². The van der Waals surface area contributed by atoms with Crippen LogP contribution in [0.2, 0.25) is 0 Å². The molecule has 4 aromatic rings. The van der Waals surface area contributed by atoms with Crippen molar-refractivity contribution in [2.75, 3.05) is 13.2 Å². The topological polar surface area (TPSA) is 111 Å². The van der Waals surface area contributed by atoms with Crippen molar-refractivity contribution >= 4 is 22.6 Å². The number of carbonyl (C=O) groups excluding carboxylic acids is 1. The monoisotopic (exact) mass is 499 g/mol. The summed E-state index contributed by atoms with van der Waals surface area (Å²) in [6, 6.07) is 13.9. The van der Waals surface area contributed by atoms with Crippen LogP contribution in [0, 0.1) is 18.3 Å². The maximum atomic E-state index is 13.4. The Kier molecular flexibility index (Phi) is 7.80. The Hall–Kier alpha value is -4.29. The number of nitriles is 1. The normalized spacial score (nSPS) is 11.8. The lowest BCUT2D eigenvalue weighted by Crippen LogP contribution is -2.30. The molecular formula is C28H29N5O4. The Morgan fingerprint density at radius 3 is 2.62 bits per heavy atom. The molecule has 9 nitrogen and oxygen atoms in total. The van der Waals surface area contributed by atoms with Gasteiger partial charge in [-0.1, -0.05) is 6.07 Å². The van der Waals surface area contributed by atoms with Gasteiger partial charge >= 0.3 is 0 Å². The van der Waals surface area contributed by atoms with Gasteiger partial charge in [-0.3, -0.25) is 14.0 Å². The highest BCUT2D eigenvalue weighted by atomic mass is 16.5. The molecule has 0 saturated heterocycles. The molecule has 0 aliphatic rings. The summed E-state index contributed by atoms with van der Waals surface area (Å²) in [5.41, 5.74) is 2.01. The molecule has 0 N–H and O–H groups in total. The third-order valence-electron chi connectivity index (χ3n) is 5.82. The Labute approximate surface area is 214 Å². The highest BCUT2D eigenvalue weighted by Crippen LogP contribution is 2.15. The molecule has 3 heterocycles. The van der Waals surface area contributed by atoms with Crippen molar-refractivity contribution in [2.24, 2.45) is 4.99 Å². The number of amides is 1. The molecule has 0 fully saturated rings. The third-order valence-corrected chi connectivity index (χ3v) is 5.82. The minimum atomic E-state index is -0.514. The molecule has 4 rings (SSSR count). The minimum absolute atomic E-state index is 0.0620. The van der Waals surface area contributed by atoms with Gasteiger partial charge in [0.1, 0.15) is 23.1 Å². The molecule has 37 heavy (non-hydrogen) atoms. The average Bonchev–Trinajstić information content (AvgIpc) is 2.88. The van der Waals surface area contributed by atoms with E-state index in [1.165, 1.54) is 10.5 Å². The minimum Gasteiger partial charge on any atom is -0.494 e. The largest absolute Gasteiger partial charge is 0.494 e. The lowest BCUT2D eigenvalue weighted by atomic mass is 10.2. The highest BCUT2D eigenvalue weighted by molar-refractivity contribution is 5.95. The predicted molar refractivity (Wildman–Crippen MR) is 140 cm³/mol. The summed E-state index contributed by atoms with van der Waals surface area (Å²) in [6.07, 6.45) is 2.28. The first-order chi connectivity index (χ1) is 17.8. The lowest BCUT2D eigenvalue weighted by molar-refractivity contribution is 0.0748. The number of nitrogens with zero attached hydrogens (tertiary/aromatic N) is 5. The molecule has 3 aromatic heterocycles. The predicted octanol–water partition coefficient (Wildman–Crippen LogP) is 3.78. The SMILES string of the molecule is CCOc1ccc(C(=O)N=c2c(C#N)cc3c(=O)n4cccc(C)c4nc3n2CCCOC(C)C)cc1. The van der Waals surface area contributed by atoms with Crippen molar-refractivity contribution in [3.63, 3.8) is 0 Å². The quantitative estimate of drug-likeness (QED) is 0.269. The van der Waals surface area contributed by atoms with Gasteiger partial charge in [0, 0.05) is 24.9 Å². The highest BCUT2D eigenvalue weighted by Gasteiger charge is 2.16. The molecule has 0 spiro atoms. The maximum Gasteiger partial charge on any atom is 0.278 e. The zero-order valence-electron chi connectivity index (χ0n) is 21.4. The van der Waals surface area contributed by atoms with E-state index in [9.17, 15) is 14.9 Å². The van der Waals surface area contributed by atoms with Gasteiger partial charge in [0.15, 0.2) is 5.49 Å². The fourth-order valence-corrected chi connectivity index (χ4v) is 4.06. The number of carbonyl (C=O) groups is 1. The fourth-order valence-electron chi connectivity index (χ4n) is 4.06. The first-order valence-corrected chi connectivity index (χ1v) is 12.2. The molecule has 0 aliphatic carbocycles. The lowest BCUT2D eigenvalue weighted by Gasteiger charge is -2.15. The van der Waals surface area contributed by atoms with E-state index >= 15 is 0 Å². The Bertz CT molecular complexity index is 1630. The number of hydrogen-bond acceptors (Lipinski definition) is 6. The van der Waals surface area contributed by atoms with Crippen molar-refractivity contribution < 1.29 is 14.3 Å². The Morgan fingerprint density at radius 1 is 1.19 bits per heavy atom. The summed E-state index contributed by atoms with van der Waals surface area (Å²) in [7, 11) is 0. The van der Waals surface area contributed by atoms with Crippen molar-refractivity contribution in [3.8, 4) is 11.8 Å². The smallest absolute Gasteiger partial charge is 0.278 e. The molecule has 0 aliphatic heterocycles. The molecular weight excluding hydrogens is 470 g/mol. The Balaban J connectivity index is 1.94. The summed E-state index contributed by atoms with van der Waals surface area (Å²) in [6.45, 7) is 8.98. The van der Waals surface area contributed by atoms with Crippen LogP contribution in [0.15, 0.2) is 58.4 Å². The molecule has 1 amide bonds. The van der Waals surface area contributed by atoms with Crippen LogP contribution in [0.3, 0.4) is 0 Å². The van der Waals surface area contributed by atoms with Gasteiger partial charge in [-0.15, -0.1) is 0 Å². The van der Waals surface area contributed by atoms with E-state index in [-0.39, 0.29) is 28.1 Å². The molecule has 0 unspecified atom stereocenters. The number of aromatic nitrogens is 3. The van der Waals surface area contributed by atoms with E-state index in [1.54, 1.807) is 41.1 Å². The van der Waals surface area contributed by atoms with E-state index in [0.29, 0.717) is 48.8 Å². The van der Waals surface area contributed by atoms with Gasteiger partial charge in [-0.05, 0) is 76.1 Å². The number of rotatable bonds is 8. The van der Waals surface area contributed by atoms with Gasteiger partial charge in [-0.2, -0.15) is 10.3 Å². The van der Waals surface area contributed by atoms with Crippen LogP contribution >= 0.6 is 0 Å². The maximum absolute atomic E-state index is 13.4. The number of ether oxygens (including phenoxy) is 2. The zero-order chi connectivity index (χ0) is 26.5. The standard InChI is InChI=1S/C28H29N5O4/c1-5-36-22-11-9-20(10-12-22)27(34)31-25-21(17-29)16-23-26(32(25)14-7-15-37-18(2)3)30-24-19(4)8-6-13-33(24)28(23)35/h6,8-13,16,18H,5,7,14-15H2,1-4H3. The second-order valence-corrected chi connectivity index (χ2v) is 8.83. The van der Waals surface area contributed by atoms with E-state index in [2.05, 4.69) is 11.1 Å². The molecule has 1 aromatic carbocycles. The zero-order valence-corrected chi connectivity index (χ0v) is 21.4. The number of benzene rings is 1. The van der Waals surface area contributed by atoms with Gasteiger partial charge < -0.3 is 14.0 Å². The number of hydrogen-bond donors (Lipinski definition) is 0. The van der Waals surface area contributed by atoms with E-state index in [1.807, 2.05) is 33.8 Å². The van der Waals surface area contributed by atoms with Gasteiger partial charge in [0.05, 0.1) is 23.7 Å². The number of aryl methyl sites for hydroxylation is 2. The molecule has 0 atom stereocenters. The number of pyridine rings is 2. The summed E-state index contributed by atoms with van der Waals surface area (Å²) in [5, 5.41) is 10.2.